The van der Waals surface area contributed by atoms with E-state index in [-0.39, 0.29) is 22.9 Å². The van der Waals surface area contributed by atoms with Crippen LogP contribution in [0.15, 0.2) is 24.3 Å². The SMILES string of the molecule is CC1(C)[C@H]2CC[C@]1(C)[C@@H](N1CCCCC1)[C@@H]2OC(=O)c1ccc(N)cc1. The van der Waals surface area contributed by atoms with Crippen molar-refractivity contribution in [3.05, 3.63) is 29.8 Å². The van der Waals surface area contributed by atoms with Crippen molar-refractivity contribution in [1.82, 2.24) is 4.90 Å². The molecule has 3 aliphatic rings. The number of carbonyl (C=O) groups excluding carboxylic acids is 1. The molecule has 4 atom stereocenters. The highest BCUT2D eigenvalue weighted by Gasteiger charge is 2.68. The molecule has 4 heteroatoms. The van der Waals surface area contributed by atoms with Gasteiger partial charge in [-0.05, 0) is 73.9 Å². The maximum atomic E-state index is 12.9. The van der Waals surface area contributed by atoms with E-state index < -0.39 is 0 Å². The number of nitrogens with two attached hydrogens (primary N) is 1. The maximum absolute atomic E-state index is 12.9. The molecule has 142 valence electrons. The Labute approximate surface area is 157 Å². The van der Waals surface area contributed by atoms with Gasteiger partial charge in [0.15, 0.2) is 0 Å². The van der Waals surface area contributed by atoms with Gasteiger partial charge in [0.2, 0.25) is 0 Å². The standard InChI is InChI=1S/C22H32N2O2/c1-21(2)17-11-12-22(21,3)19(24-13-5-4-6-14-24)18(17)26-20(25)15-7-9-16(23)10-8-15/h7-10,17-19H,4-6,11-14,23H2,1-3H3/t17-,18+,19-,22+/m0/s1. The second kappa shape index (κ2) is 6.26. The number of hydrogen-bond acceptors (Lipinski definition) is 4. The van der Waals surface area contributed by atoms with E-state index >= 15 is 0 Å². The van der Waals surface area contributed by atoms with Gasteiger partial charge in [-0.25, -0.2) is 4.79 Å². The van der Waals surface area contributed by atoms with Crippen LogP contribution in [0.25, 0.3) is 0 Å². The highest BCUT2D eigenvalue weighted by atomic mass is 16.5. The fraction of sp³-hybridized carbons (Fsp3) is 0.682. The van der Waals surface area contributed by atoms with Crippen LogP contribution in [0.5, 0.6) is 0 Å². The van der Waals surface area contributed by atoms with Crippen LogP contribution in [-0.4, -0.2) is 36.1 Å². The summed E-state index contributed by atoms with van der Waals surface area (Å²) in [5.41, 5.74) is 7.43. The lowest BCUT2D eigenvalue weighted by atomic mass is 9.68. The third-order valence-electron chi connectivity index (χ3n) is 7.91. The summed E-state index contributed by atoms with van der Waals surface area (Å²) in [6.07, 6.45) is 6.23. The van der Waals surface area contributed by atoms with E-state index in [4.69, 9.17) is 10.5 Å². The Balaban J connectivity index is 1.62. The van der Waals surface area contributed by atoms with Crippen LogP contribution in [-0.2, 0) is 4.74 Å². The lowest BCUT2D eigenvalue weighted by Crippen LogP contribution is -2.54. The number of fused-ring (bicyclic) bond motifs is 2. The monoisotopic (exact) mass is 356 g/mol. The number of nitrogens with zero attached hydrogens (tertiary/aromatic N) is 1. The van der Waals surface area contributed by atoms with Gasteiger partial charge in [0.25, 0.3) is 0 Å². The second-order valence-corrected chi connectivity index (χ2v) is 9.32. The number of nitrogen functional groups attached to an aromatic ring is 1. The van der Waals surface area contributed by atoms with Gasteiger partial charge < -0.3 is 10.5 Å². The third-order valence-corrected chi connectivity index (χ3v) is 7.91. The van der Waals surface area contributed by atoms with Gasteiger partial charge in [0.05, 0.1) is 11.6 Å². The molecule has 0 spiro atoms. The summed E-state index contributed by atoms with van der Waals surface area (Å²) < 4.78 is 6.22. The average molecular weight is 357 g/mol. The van der Waals surface area contributed by atoms with Gasteiger partial charge >= 0.3 is 5.97 Å². The fourth-order valence-electron chi connectivity index (χ4n) is 6.01. The van der Waals surface area contributed by atoms with Gasteiger partial charge in [-0.3, -0.25) is 4.90 Å². The number of likely N-dealkylation sites (tertiary alicyclic amines) is 1. The molecule has 0 amide bonds. The minimum Gasteiger partial charge on any atom is -0.457 e. The summed E-state index contributed by atoms with van der Waals surface area (Å²) in [7, 11) is 0. The van der Waals surface area contributed by atoms with Crippen molar-refractivity contribution in [2.45, 2.75) is 65.0 Å². The zero-order valence-electron chi connectivity index (χ0n) is 16.3. The summed E-state index contributed by atoms with van der Waals surface area (Å²) in [5, 5.41) is 0. The maximum Gasteiger partial charge on any atom is 0.338 e. The first-order valence-electron chi connectivity index (χ1n) is 10.2. The summed E-state index contributed by atoms with van der Waals surface area (Å²) in [4.78, 5) is 15.5. The van der Waals surface area contributed by atoms with Gasteiger partial charge in [-0.1, -0.05) is 27.2 Å². The molecule has 2 aliphatic carbocycles. The first-order chi connectivity index (χ1) is 12.3. The van der Waals surface area contributed by atoms with Crippen LogP contribution in [0.3, 0.4) is 0 Å². The minimum atomic E-state index is -0.205. The van der Waals surface area contributed by atoms with Crippen LogP contribution < -0.4 is 5.73 Å². The smallest absolute Gasteiger partial charge is 0.338 e. The topological polar surface area (TPSA) is 55.6 Å². The Morgan fingerprint density at radius 3 is 2.42 bits per heavy atom. The van der Waals surface area contributed by atoms with Crippen molar-refractivity contribution in [3.8, 4) is 0 Å². The molecular formula is C22H32N2O2. The predicted octanol–water partition coefficient (Wildman–Crippen LogP) is 4.10. The molecular weight excluding hydrogens is 324 g/mol. The molecule has 2 N–H and O–H groups in total. The minimum absolute atomic E-state index is 0.00750. The Bertz CT molecular complexity index is 678. The number of hydrogen-bond donors (Lipinski definition) is 1. The van der Waals surface area contributed by atoms with Crippen molar-refractivity contribution < 1.29 is 9.53 Å². The number of anilines is 1. The van der Waals surface area contributed by atoms with E-state index in [1.807, 2.05) is 0 Å². The van der Waals surface area contributed by atoms with Crippen LogP contribution in [0, 0.1) is 16.7 Å². The molecule has 0 radical (unpaired) electrons. The number of rotatable bonds is 3. The van der Waals surface area contributed by atoms with E-state index in [0.717, 1.165) is 19.5 Å². The van der Waals surface area contributed by atoms with Crippen molar-refractivity contribution in [2.24, 2.45) is 16.7 Å². The lowest BCUT2D eigenvalue weighted by molar-refractivity contribution is -0.0439. The molecule has 2 bridgehead atoms. The van der Waals surface area contributed by atoms with Crippen LogP contribution >= 0.6 is 0 Å². The first kappa shape index (κ1) is 17.8. The number of piperidine rings is 1. The number of benzene rings is 1. The molecule has 1 saturated heterocycles. The Morgan fingerprint density at radius 1 is 1.12 bits per heavy atom. The molecule has 2 saturated carbocycles. The Morgan fingerprint density at radius 2 is 1.77 bits per heavy atom. The summed E-state index contributed by atoms with van der Waals surface area (Å²) >= 11 is 0. The van der Waals surface area contributed by atoms with E-state index in [1.54, 1.807) is 24.3 Å². The van der Waals surface area contributed by atoms with Crippen molar-refractivity contribution in [1.29, 1.82) is 0 Å². The normalized spacial score (nSPS) is 36.2. The zero-order chi connectivity index (χ0) is 18.5. The van der Waals surface area contributed by atoms with Crippen LogP contribution in [0.2, 0.25) is 0 Å². The number of ether oxygens (including phenoxy) is 1. The fourth-order valence-corrected chi connectivity index (χ4v) is 6.01. The molecule has 0 aromatic heterocycles. The van der Waals surface area contributed by atoms with Gasteiger partial charge in [0.1, 0.15) is 6.10 Å². The quantitative estimate of drug-likeness (QED) is 0.654. The largest absolute Gasteiger partial charge is 0.457 e. The zero-order valence-corrected chi connectivity index (χ0v) is 16.3. The summed E-state index contributed by atoms with van der Waals surface area (Å²) in [6.45, 7) is 9.48. The third kappa shape index (κ3) is 2.57. The van der Waals surface area contributed by atoms with Crippen molar-refractivity contribution in [2.75, 3.05) is 18.8 Å². The molecule has 4 rings (SSSR count). The molecule has 1 aromatic rings. The molecule has 0 unspecified atom stereocenters. The summed E-state index contributed by atoms with van der Waals surface area (Å²) in [6, 6.07) is 7.42. The highest BCUT2D eigenvalue weighted by Crippen LogP contribution is 2.67. The van der Waals surface area contributed by atoms with Gasteiger partial charge in [0, 0.05) is 11.6 Å². The predicted molar refractivity (Wildman–Crippen MR) is 104 cm³/mol. The van der Waals surface area contributed by atoms with Gasteiger partial charge in [-0.15, -0.1) is 0 Å². The van der Waals surface area contributed by atoms with Crippen LogP contribution in [0.4, 0.5) is 5.69 Å². The Hall–Kier alpha value is -1.55. The average Bonchev–Trinajstić information content (AvgIpc) is 2.94. The highest BCUT2D eigenvalue weighted by molar-refractivity contribution is 5.90. The van der Waals surface area contributed by atoms with E-state index in [9.17, 15) is 4.79 Å². The van der Waals surface area contributed by atoms with E-state index in [0.29, 0.717) is 23.2 Å². The van der Waals surface area contributed by atoms with Gasteiger partial charge in [-0.2, -0.15) is 0 Å². The first-order valence-corrected chi connectivity index (χ1v) is 10.2. The number of carbonyl (C=O) groups is 1. The molecule has 4 nitrogen and oxygen atoms in total. The van der Waals surface area contributed by atoms with Crippen LogP contribution in [0.1, 0.15) is 63.2 Å². The summed E-state index contributed by atoms with van der Waals surface area (Å²) in [5.74, 6) is 0.237. The molecule has 1 heterocycles. The lowest BCUT2D eigenvalue weighted by Gasteiger charge is -2.47. The molecule has 26 heavy (non-hydrogen) atoms. The second-order valence-electron chi connectivity index (χ2n) is 9.32. The molecule has 1 aliphatic heterocycles. The Kier molecular flexibility index (Phi) is 4.30. The van der Waals surface area contributed by atoms with E-state index in [1.165, 1.54) is 25.7 Å². The van der Waals surface area contributed by atoms with E-state index in [2.05, 4.69) is 25.7 Å². The molecule has 3 fully saturated rings. The van der Waals surface area contributed by atoms with Crippen molar-refractivity contribution >= 4 is 11.7 Å². The number of esters is 1. The molecule has 1 aromatic carbocycles. The van der Waals surface area contributed by atoms with Crippen molar-refractivity contribution in [3.63, 3.8) is 0 Å².